The SMILES string of the molecule is CC.CC(=O)OCC(=O)/C=C(\C)C1=C(S)C=CCC1. The van der Waals surface area contributed by atoms with Crippen molar-refractivity contribution in [1.82, 2.24) is 0 Å². The van der Waals surface area contributed by atoms with Crippen LogP contribution in [0.4, 0.5) is 0 Å². The van der Waals surface area contributed by atoms with Gasteiger partial charge in [-0.05, 0) is 37.0 Å². The summed E-state index contributed by atoms with van der Waals surface area (Å²) in [5, 5.41) is 0. The molecule has 0 unspecified atom stereocenters. The molecule has 0 atom stereocenters. The summed E-state index contributed by atoms with van der Waals surface area (Å²) in [5.74, 6) is -0.653. The van der Waals surface area contributed by atoms with E-state index in [1.807, 2.05) is 26.8 Å². The van der Waals surface area contributed by atoms with Gasteiger partial charge < -0.3 is 4.74 Å². The lowest BCUT2D eigenvalue weighted by Crippen LogP contribution is -2.10. The number of rotatable bonds is 4. The molecule has 0 N–H and O–H groups in total. The largest absolute Gasteiger partial charge is 0.457 e. The summed E-state index contributed by atoms with van der Waals surface area (Å²) in [6.07, 6.45) is 7.35. The highest BCUT2D eigenvalue weighted by atomic mass is 32.1. The number of ketones is 1. The van der Waals surface area contributed by atoms with E-state index in [0.717, 1.165) is 28.9 Å². The van der Waals surface area contributed by atoms with E-state index >= 15 is 0 Å². The van der Waals surface area contributed by atoms with Gasteiger partial charge in [-0.3, -0.25) is 9.59 Å². The Balaban J connectivity index is 0.00000154. The number of carbonyl (C=O) groups is 2. The average molecular weight is 282 g/mol. The molecule has 1 rings (SSSR count). The summed E-state index contributed by atoms with van der Waals surface area (Å²) in [6, 6.07) is 0. The minimum atomic E-state index is -0.445. The summed E-state index contributed by atoms with van der Waals surface area (Å²) < 4.78 is 4.64. The molecule has 0 aromatic rings. The molecule has 0 aromatic heterocycles. The van der Waals surface area contributed by atoms with Crippen molar-refractivity contribution in [2.45, 2.75) is 40.5 Å². The van der Waals surface area contributed by atoms with Crippen LogP contribution in [-0.2, 0) is 14.3 Å². The lowest BCUT2D eigenvalue weighted by atomic mass is 9.97. The van der Waals surface area contributed by atoms with Gasteiger partial charge in [-0.2, -0.15) is 0 Å². The first-order valence-corrected chi connectivity index (χ1v) is 6.89. The van der Waals surface area contributed by atoms with E-state index in [0.29, 0.717) is 0 Å². The zero-order chi connectivity index (χ0) is 14.8. The minimum Gasteiger partial charge on any atom is -0.457 e. The van der Waals surface area contributed by atoms with Crippen LogP contribution in [-0.4, -0.2) is 18.4 Å². The van der Waals surface area contributed by atoms with Crippen LogP contribution in [0.15, 0.2) is 34.3 Å². The van der Waals surface area contributed by atoms with Gasteiger partial charge in [0.15, 0.2) is 12.4 Å². The van der Waals surface area contributed by atoms with Crippen molar-refractivity contribution in [1.29, 1.82) is 0 Å². The number of hydrogen-bond acceptors (Lipinski definition) is 4. The quantitative estimate of drug-likeness (QED) is 0.486. The lowest BCUT2D eigenvalue weighted by Gasteiger charge is -2.13. The molecular formula is C15H22O3S. The van der Waals surface area contributed by atoms with E-state index in [-0.39, 0.29) is 12.4 Å². The molecule has 4 heteroatoms. The summed E-state index contributed by atoms with van der Waals surface area (Å²) in [4.78, 5) is 22.9. The monoisotopic (exact) mass is 282 g/mol. The first-order valence-electron chi connectivity index (χ1n) is 6.44. The predicted octanol–water partition coefficient (Wildman–Crippen LogP) is 3.63. The number of hydrogen-bond donors (Lipinski definition) is 1. The van der Waals surface area contributed by atoms with Crippen molar-refractivity contribution in [3.05, 3.63) is 34.3 Å². The van der Waals surface area contributed by atoms with Gasteiger partial charge in [-0.25, -0.2) is 0 Å². The highest BCUT2D eigenvalue weighted by molar-refractivity contribution is 7.84. The van der Waals surface area contributed by atoms with Crippen LogP contribution >= 0.6 is 12.6 Å². The highest BCUT2D eigenvalue weighted by Gasteiger charge is 2.09. The Bertz CT molecular complexity index is 417. The summed E-state index contributed by atoms with van der Waals surface area (Å²) in [5.41, 5.74) is 1.96. The molecule has 0 aromatic carbocycles. The number of esters is 1. The maximum Gasteiger partial charge on any atom is 0.303 e. The molecule has 19 heavy (non-hydrogen) atoms. The van der Waals surface area contributed by atoms with Crippen molar-refractivity contribution in [3.8, 4) is 0 Å². The van der Waals surface area contributed by atoms with E-state index in [1.165, 1.54) is 13.0 Å². The van der Waals surface area contributed by atoms with E-state index in [2.05, 4.69) is 23.4 Å². The molecule has 0 bridgehead atoms. The minimum absolute atomic E-state index is 0.197. The second-order valence-corrected chi connectivity index (χ2v) is 4.36. The maximum absolute atomic E-state index is 11.5. The van der Waals surface area contributed by atoms with Crippen LogP contribution in [0.2, 0.25) is 0 Å². The fraction of sp³-hybridized carbons (Fsp3) is 0.467. The third kappa shape index (κ3) is 7.01. The van der Waals surface area contributed by atoms with Gasteiger partial charge in [-0.15, -0.1) is 12.6 Å². The maximum atomic E-state index is 11.5. The van der Waals surface area contributed by atoms with Gasteiger partial charge in [-0.1, -0.05) is 26.0 Å². The lowest BCUT2D eigenvalue weighted by molar-refractivity contribution is -0.144. The van der Waals surface area contributed by atoms with Gasteiger partial charge >= 0.3 is 5.97 Å². The summed E-state index contributed by atoms with van der Waals surface area (Å²) >= 11 is 4.36. The Morgan fingerprint density at radius 1 is 1.37 bits per heavy atom. The number of carbonyl (C=O) groups excluding carboxylic acids is 2. The molecule has 0 amide bonds. The molecule has 0 aliphatic heterocycles. The highest BCUT2D eigenvalue weighted by Crippen LogP contribution is 2.27. The van der Waals surface area contributed by atoms with Gasteiger partial charge in [0.2, 0.25) is 0 Å². The van der Waals surface area contributed by atoms with Gasteiger partial charge in [0.25, 0.3) is 0 Å². The Labute approximate surface area is 120 Å². The third-order valence-corrected chi connectivity index (χ3v) is 2.84. The Morgan fingerprint density at radius 2 is 2.00 bits per heavy atom. The Hall–Kier alpha value is -1.29. The topological polar surface area (TPSA) is 43.4 Å². The predicted molar refractivity (Wildman–Crippen MR) is 81.1 cm³/mol. The van der Waals surface area contributed by atoms with E-state index in [4.69, 9.17) is 0 Å². The van der Waals surface area contributed by atoms with Gasteiger partial charge in [0, 0.05) is 11.8 Å². The summed E-state index contributed by atoms with van der Waals surface area (Å²) in [6.45, 7) is 6.96. The zero-order valence-electron chi connectivity index (χ0n) is 12.0. The fourth-order valence-corrected chi connectivity index (χ4v) is 1.99. The summed E-state index contributed by atoms with van der Waals surface area (Å²) in [7, 11) is 0. The van der Waals surface area contributed by atoms with Crippen molar-refractivity contribution in [2.24, 2.45) is 0 Å². The Kier molecular flexibility index (Phi) is 8.96. The third-order valence-electron chi connectivity index (χ3n) is 2.42. The molecule has 1 aliphatic carbocycles. The van der Waals surface area contributed by atoms with Crippen molar-refractivity contribution in [2.75, 3.05) is 6.61 Å². The van der Waals surface area contributed by atoms with E-state index in [1.54, 1.807) is 0 Å². The van der Waals surface area contributed by atoms with Crippen LogP contribution in [0, 0.1) is 0 Å². The van der Waals surface area contributed by atoms with Crippen molar-refractivity contribution in [3.63, 3.8) is 0 Å². The second kappa shape index (κ2) is 9.62. The zero-order valence-corrected chi connectivity index (χ0v) is 12.9. The van der Waals surface area contributed by atoms with Crippen LogP contribution in [0.1, 0.15) is 40.5 Å². The molecular weight excluding hydrogens is 260 g/mol. The van der Waals surface area contributed by atoms with Crippen LogP contribution < -0.4 is 0 Å². The number of allylic oxidation sites excluding steroid dienone is 4. The molecule has 106 valence electrons. The molecule has 1 aliphatic rings. The van der Waals surface area contributed by atoms with E-state index in [9.17, 15) is 9.59 Å². The molecule has 0 fully saturated rings. The first-order chi connectivity index (χ1) is 9.00. The van der Waals surface area contributed by atoms with Crippen LogP contribution in [0.5, 0.6) is 0 Å². The van der Waals surface area contributed by atoms with Gasteiger partial charge in [0.1, 0.15) is 0 Å². The van der Waals surface area contributed by atoms with Gasteiger partial charge in [0.05, 0.1) is 0 Å². The molecule has 0 radical (unpaired) electrons. The fourth-order valence-electron chi connectivity index (χ4n) is 1.59. The van der Waals surface area contributed by atoms with Crippen molar-refractivity contribution < 1.29 is 14.3 Å². The second-order valence-electron chi connectivity index (χ2n) is 3.88. The molecule has 0 heterocycles. The normalized spacial score (nSPS) is 14.7. The Morgan fingerprint density at radius 3 is 2.53 bits per heavy atom. The van der Waals surface area contributed by atoms with Crippen LogP contribution in [0.3, 0.4) is 0 Å². The molecule has 0 saturated carbocycles. The standard InChI is InChI=1S/C13H16O3S.C2H6/c1-9(7-11(15)8-16-10(2)14)12-5-3-4-6-13(12)17;1-2/h4,6-7,17H,3,5,8H2,1-2H3;1-2H3/b9-7+;. The number of thiol groups is 1. The van der Waals surface area contributed by atoms with Crippen molar-refractivity contribution >= 4 is 24.4 Å². The smallest absolute Gasteiger partial charge is 0.303 e. The van der Waals surface area contributed by atoms with Crippen LogP contribution in [0.25, 0.3) is 0 Å². The first kappa shape index (κ1) is 17.7. The van der Waals surface area contributed by atoms with E-state index < -0.39 is 5.97 Å². The number of ether oxygens (including phenoxy) is 1. The molecule has 3 nitrogen and oxygen atoms in total. The molecule has 0 spiro atoms. The average Bonchev–Trinajstić information content (AvgIpc) is 2.39. The molecule has 0 saturated heterocycles.